The molecule has 0 bridgehead atoms. The highest BCUT2D eigenvalue weighted by atomic mass is 16.3. The summed E-state index contributed by atoms with van der Waals surface area (Å²) in [7, 11) is 0. The molecule has 0 aromatic heterocycles. The van der Waals surface area contributed by atoms with Crippen molar-refractivity contribution in [2.75, 3.05) is 0 Å². The summed E-state index contributed by atoms with van der Waals surface area (Å²) < 4.78 is 0. The van der Waals surface area contributed by atoms with Crippen molar-refractivity contribution in [3.63, 3.8) is 0 Å². The fourth-order valence-corrected chi connectivity index (χ4v) is 2.63. The first kappa shape index (κ1) is 13.2. The summed E-state index contributed by atoms with van der Waals surface area (Å²) in [5, 5.41) is 21.0. The van der Waals surface area contributed by atoms with E-state index in [-0.39, 0.29) is 23.3 Å². The van der Waals surface area contributed by atoms with Gasteiger partial charge in [-0.15, -0.1) is 0 Å². The molecule has 0 radical (unpaired) electrons. The molecule has 0 saturated carbocycles. The quantitative estimate of drug-likeness (QED) is 0.731. The van der Waals surface area contributed by atoms with Crippen molar-refractivity contribution in [3.8, 4) is 11.5 Å². The molecular weight excluding hydrogens is 270 g/mol. The van der Waals surface area contributed by atoms with Crippen LogP contribution in [0.3, 0.4) is 0 Å². The van der Waals surface area contributed by atoms with Gasteiger partial charge in [0.2, 0.25) is 11.8 Å². The SMILES string of the molecule is O=C1NC(=O)[C@@H](c2ccc(O)cc2)[C@H]1c1ccc(O)cc1. The first-order valence-electron chi connectivity index (χ1n) is 6.49. The molecule has 1 saturated heterocycles. The lowest BCUT2D eigenvalue weighted by molar-refractivity contribution is -0.125. The molecule has 1 aliphatic heterocycles. The fraction of sp³-hybridized carbons (Fsp3) is 0.125. The van der Waals surface area contributed by atoms with Crippen molar-refractivity contribution in [2.45, 2.75) is 11.8 Å². The maximum atomic E-state index is 12.1. The van der Waals surface area contributed by atoms with Gasteiger partial charge in [-0.3, -0.25) is 14.9 Å². The highest BCUT2D eigenvalue weighted by Gasteiger charge is 2.43. The Bertz CT molecular complexity index is 630. The predicted octanol–water partition coefficient (Wildman–Crippen LogP) is 1.62. The monoisotopic (exact) mass is 283 g/mol. The van der Waals surface area contributed by atoms with Crippen LogP contribution in [0.25, 0.3) is 0 Å². The Labute approximate surface area is 120 Å². The molecule has 1 fully saturated rings. The number of phenolic OH excluding ortho intramolecular Hbond substituents is 2. The smallest absolute Gasteiger partial charge is 0.235 e. The summed E-state index contributed by atoms with van der Waals surface area (Å²) in [6.45, 7) is 0. The molecule has 2 amide bonds. The van der Waals surface area contributed by atoms with Gasteiger partial charge in [-0.1, -0.05) is 24.3 Å². The van der Waals surface area contributed by atoms with Crippen LogP contribution in [0.1, 0.15) is 23.0 Å². The number of phenols is 2. The summed E-state index contributed by atoms with van der Waals surface area (Å²) in [4.78, 5) is 24.2. The van der Waals surface area contributed by atoms with Gasteiger partial charge in [-0.2, -0.15) is 0 Å². The van der Waals surface area contributed by atoms with Gasteiger partial charge in [0, 0.05) is 0 Å². The molecule has 3 N–H and O–H groups in total. The molecule has 2 atom stereocenters. The van der Waals surface area contributed by atoms with Gasteiger partial charge in [-0.05, 0) is 35.4 Å². The lowest BCUT2D eigenvalue weighted by atomic mass is 9.83. The van der Waals surface area contributed by atoms with Crippen molar-refractivity contribution in [3.05, 3.63) is 59.7 Å². The lowest BCUT2D eigenvalue weighted by Crippen LogP contribution is -2.21. The number of rotatable bonds is 2. The third kappa shape index (κ3) is 2.33. The summed E-state index contributed by atoms with van der Waals surface area (Å²) >= 11 is 0. The van der Waals surface area contributed by atoms with Crippen molar-refractivity contribution >= 4 is 11.8 Å². The molecule has 5 nitrogen and oxygen atoms in total. The number of aromatic hydroxyl groups is 2. The number of hydrogen-bond acceptors (Lipinski definition) is 4. The molecule has 1 heterocycles. The van der Waals surface area contributed by atoms with Crippen LogP contribution in [-0.2, 0) is 9.59 Å². The van der Waals surface area contributed by atoms with E-state index in [1.165, 1.54) is 24.3 Å². The van der Waals surface area contributed by atoms with E-state index in [0.29, 0.717) is 11.1 Å². The highest BCUT2D eigenvalue weighted by molar-refractivity contribution is 6.10. The molecular formula is C16H13NO4. The minimum Gasteiger partial charge on any atom is -0.508 e. The number of amides is 2. The Morgan fingerprint density at radius 2 is 1.00 bits per heavy atom. The Morgan fingerprint density at radius 3 is 1.33 bits per heavy atom. The molecule has 5 heteroatoms. The fourth-order valence-electron chi connectivity index (χ4n) is 2.63. The molecule has 3 rings (SSSR count). The maximum Gasteiger partial charge on any atom is 0.235 e. The molecule has 2 aromatic rings. The Kier molecular flexibility index (Phi) is 3.10. The number of carbonyl (C=O) groups excluding carboxylic acids is 2. The number of imide groups is 1. The van der Waals surface area contributed by atoms with Crippen LogP contribution in [0.15, 0.2) is 48.5 Å². The van der Waals surface area contributed by atoms with E-state index in [0.717, 1.165) is 0 Å². The molecule has 106 valence electrons. The average molecular weight is 283 g/mol. The minimum atomic E-state index is -0.636. The van der Waals surface area contributed by atoms with Crippen LogP contribution < -0.4 is 5.32 Å². The predicted molar refractivity (Wildman–Crippen MR) is 74.8 cm³/mol. The normalized spacial score (nSPS) is 21.3. The van der Waals surface area contributed by atoms with Crippen LogP contribution in [-0.4, -0.2) is 22.0 Å². The summed E-state index contributed by atoms with van der Waals surface area (Å²) in [5.41, 5.74) is 1.32. The van der Waals surface area contributed by atoms with E-state index in [1.54, 1.807) is 24.3 Å². The topological polar surface area (TPSA) is 86.6 Å². The third-order valence-electron chi connectivity index (χ3n) is 3.65. The molecule has 1 aliphatic rings. The van der Waals surface area contributed by atoms with Crippen molar-refractivity contribution < 1.29 is 19.8 Å². The van der Waals surface area contributed by atoms with Crippen LogP contribution >= 0.6 is 0 Å². The standard InChI is InChI=1S/C16H13NO4/c18-11-5-1-9(2-6-11)13-14(16(21)17-15(13)20)10-3-7-12(19)8-4-10/h1-8,13-14,18-19H,(H,17,20,21)/t13-,14+. The molecule has 2 aromatic carbocycles. The van der Waals surface area contributed by atoms with Gasteiger partial charge >= 0.3 is 0 Å². The van der Waals surface area contributed by atoms with Crippen molar-refractivity contribution in [1.82, 2.24) is 5.32 Å². The maximum absolute atomic E-state index is 12.1. The molecule has 0 spiro atoms. The van der Waals surface area contributed by atoms with Gasteiger partial charge in [0.25, 0.3) is 0 Å². The Balaban J connectivity index is 2.03. The zero-order valence-corrected chi connectivity index (χ0v) is 11.0. The Morgan fingerprint density at radius 1 is 0.667 bits per heavy atom. The largest absolute Gasteiger partial charge is 0.508 e. The van der Waals surface area contributed by atoms with E-state index in [9.17, 15) is 19.8 Å². The van der Waals surface area contributed by atoms with Crippen LogP contribution in [0.5, 0.6) is 11.5 Å². The van der Waals surface area contributed by atoms with E-state index in [2.05, 4.69) is 5.32 Å². The first-order chi connectivity index (χ1) is 10.1. The van der Waals surface area contributed by atoms with E-state index < -0.39 is 11.8 Å². The van der Waals surface area contributed by atoms with Crippen LogP contribution in [0.2, 0.25) is 0 Å². The summed E-state index contributed by atoms with van der Waals surface area (Å²) in [5.74, 6) is -1.79. The average Bonchev–Trinajstić information content (AvgIpc) is 2.75. The molecule has 21 heavy (non-hydrogen) atoms. The zero-order chi connectivity index (χ0) is 15.0. The highest BCUT2D eigenvalue weighted by Crippen LogP contribution is 2.38. The number of benzene rings is 2. The van der Waals surface area contributed by atoms with Gasteiger partial charge in [0.1, 0.15) is 11.5 Å². The molecule has 0 unspecified atom stereocenters. The van der Waals surface area contributed by atoms with Gasteiger partial charge in [-0.25, -0.2) is 0 Å². The number of carbonyl (C=O) groups is 2. The molecule has 0 aliphatic carbocycles. The van der Waals surface area contributed by atoms with Crippen LogP contribution in [0, 0.1) is 0 Å². The second-order valence-corrected chi connectivity index (χ2v) is 4.99. The van der Waals surface area contributed by atoms with E-state index in [4.69, 9.17) is 0 Å². The Hall–Kier alpha value is -2.82. The number of hydrogen-bond donors (Lipinski definition) is 3. The summed E-state index contributed by atoms with van der Waals surface area (Å²) in [6.07, 6.45) is 0. The zero-order valence-electron chi connectivity index (χ0n) is 11.0. The third-order valence-corrected chi connectivity index (χ3v) is 3.65. The van der Waals surface area contributed by atoms with Gasteiger partial charge < -0.3 is 10.2 Å². The lowest BCUT2D eigenvalue weighted by Gasteiger charge is -2.16. The van der Waals surface area contributed by atoms with E-state index >= 15 is 0 Å². The van der Waals surface area contributed by atoms with Crippen LogP contribution in [0.4, 0.5) is 0 Å². The minimum absolute atomic E-state index is 0.102. The van der Waals surface area contributed by atoms with Gasteiger partial charge in [0.15, 0.2) is 0 Å². The van der Waals surface area contributed by atoms with Crippen molar-refractivity contribution in [2.24, 2.45) is 0 Å². The number of nitrogens with one attached hydrogen (secondary N) is 1. The first-order valence-corrected chi connectivity index (χ1v) is 6.49. The second-order valence-electron chi connectivity index (χ2n) is 4.99. The van der Waals surface area contributed by atoms with Crippen molar-refractivity contribution in [1.29, 1.82) is 0 Å². The second kappa shape index (κ2) is 4.94. The van der Waals surface area contributed by atoms with E-state index in [1.807, 2.05) is 0 Å². The summed E-state index contributed by atoms with van der Waals surface area (Å²) in [6, 6.07) is 12.5. The van der Waals surface area contributed by atoms with Gasteiger partial charge in [0.05, 0.1) is 11.8 Å².